The fraction of sp³-hybridized carbons (Fsp3) is 0.462. The van der Waals surface area contributed by atoms with Gasteiger partial charge in [0.15, 0.2) is 5.82 Å². The molecule has 21 heavy (non-hydrogen) atoms. The molecule has 2 rings (SSSR count). The predicted molar refractivity (Wildman–Crippen MR) is 80.5 cm³/mol. The lowest BCUT2D eigenvalue weighted by Gasteiger charge is -2.09. The van der Waals surface area contributed by atoms with Crippen molar-refractivity contribution < 1.29 is 4.74 Å². The molecule has 2 aromatic heterocycles. The quantitative estimate of drug-likeness (QED) is 0.360. The number of rotatable bonds is 9. The minimum absolute atomic E-state index is 0.352. The van der Waals surface area contributed by atoms with Gasteiger partial charge in [0.25, 0.3) is 0 Å². The number of nitrogens with one attached hydrogen (secondary N) is 2. The molecule has 0 aromatic carbocycles. The van der Waals surface area contributed by atoms with E-state index in [2.05, 4.69) is 30.3 Å². The van der Waals surface area contributed by atoms with Gasteiger partial charge in [-0.25, -0.2) is 20.8 Å². The number of anilines is 2. The zero-order valence-corrected chi connectivity index (χ0v) is 12.1. The summed E-state index contributed by atoms with van der Waals surface area (Å²) in [4.78, 5) is 12.6. The second kappa shape index (κ2) is 8.18. The maximum atomic E-state index is 5.40. The van der Waals surface area contributed by atoms with Crippen molar-refractivity contribution in [3.05, 3.63) is 30.6 Å². The number of nitrogens with two attached hydrogens (primary N) is 1. The Balaban J connectivity index is 1.77. The van der Waals surface area contributed by atoms with Gasteiger partial charge in [0.1, 0.15) is 18.2 Å². The van der Waals surface area contributed by atoms with Crippen LogP contribution < -0.4 is 16.6 Å². The lowest BCUT2D eigenvalue weighted by molar-refractivity contribution is 0.178. The number of hydrogen-bond acceptors (Lipinski definition) is 7. The van der Waals surface area contributed by atoms with Crippen molar-refractivity contribution in [2.75, 3.05) is 24.4 Å². The van der Waals surface area contributed by atoms with E-state index in [1.165, 1.54) is 0 Å². The molecule has 8 heteroatoms. The van der Waals surface area contributed by atoms with Crippen LogP contribution in [0.1, 0.15) is 18.7 Å². The van der Waals surface area contributed by atoms with Gasteiger partial charge in [0, 0.05) is 38.7 Å². The first-order valence-corrected chi connectivity index (χ1v) is 6.85. The highest BCUT2D eigenvalue weighted by Crippen LogP contribution is 2.11. The third-order valence-corrected chi connectivity index (χ3v) is 2.90. The molecular weight excluding hydrogens is 270 g/mol. The Morgan fingerprint density at radius 3 is 2.86 bits per heavy atom. The van der Waals surface area contributed by atoms with Gasteiger partial charge in [-0.3, -0.25) is 0 Å². The maximum absolute atomic E-state index is 5.40. The molecule has 0 fully saturated rings. The number of aryl methyl sites for hydroxylation is 1. The summed E-state index contributed by atoms with van der Waals surface area (Å²) in [5.41, 5.74) is 2.53. The van der Waals surface area contributed by atoms with Crippen LogP contribution in [0.3, 0.4) is 0 Å². The Labute approximate surface area is 123 Å². The molecular formula is C13H21N7O. The summed E-state index contributed by atoms with van der Waals surface area (Å²) in [5.74, 6) is 7.30. The van der Waals surface area contributed by atoms with Crippen molar-refractivity contribution in [2.24, 2.45) is 5.84 Å². The Bertz CT molecular complexity index is 529. The van der Waals surface area contributed by atoms with Crippen LogP contribution in [-0.2, 0) is 17.9 Å². The van der Waals surface area contributed by atoms with Gasteiger partial charge in [0.05, 0.1) is 6.33 Å². The second-order valence-corrected chi connectivity index (χ2v) is 4.57. The first-order chi connectivity index (χ1) is 10.3. The third-order valence-electron chi connectivity index (χ3n) is 2.90. The van der Waals surface area contributed by atoms with E-state index in [1.54, 1.807) is 19.4 Å². The number of nitrogens with zero attached hydrogens (tertiary/aromatic N) is 4. The van der Waals surface area contributed by atoms with E-state index in [0.29, 0.717) is 18.2 Å². The van der Waals surface area contributed by atoms with E-state index < -0.39 is 0 Å². The summed E-state index contributed by atoms with van der Waals surface area (Å²) in [6.45, 7) is 2.16. The molecule has 8 nitrogen and oxygen atoms in total. The average molecular weight is 291 g/mol. The van der Waals surface area contributed by atoms with Gasteiger partial charge in [-0.05, 0) is 12.8 Å². The molecule has 2 heterocycles. The lowest BCUT2D eigenvalue weighted by atomic mass is 10.3. The number of imidazole rings is 1. The fourth-order valence-corrected chi connectivity index (χ4v) is 1.91. The molecule has 0 aliphatic rings. The molecule has 2 aromatic rings. The van der Waals surface area contributed by atoms with Crippen molar-refractivity contribution in [3.63, 3.8) is 0 Å². The third kappa shape index (κ3) is 5.01. The highest BCUT2D eigenvalue weighted by molar-refractivity contribution is 5.46. The van der Waals surface area contributed by atoms with Gasteiger partial charge in [-0.15, -0.1) is 0 Å². The van der Waals surface area contributed by atoms with Crippen molar-refractivity contribution >= 4 is 11.6 Å². The molecule has 0 saturated heterocycles. The Hall–Kier alpha value is -2.19. The lowest BCUT2D eigenvalue weighted by Crippen LogP contribution is -2.13. The molecule has 114 valence electrons. The number of methoxy groups -OCH3 is 1. The van der Waals surface area contributed by atoms with Crippen molar-refractivity contribution in [2.45, 2.75) is 26.0 Å². The smallest absolute Gasteiger partial charge is 0.158 e. The number of unbranched alkanes of at least 4 members (excludes halogenated alkanes) is 1. The van der Waals surface area contributed by atoms with E-state index in [4.69, 9.17) is 10.6 Å². The van der Waals surface area contributed by atoms with Crippen LogP contribution in [-0.4, -0.2) is 33.2 Å². The van der Waals surface area contributed by atoms with Crippen molar-refractivity contribution in [3.8, 4) is 0 Å². The molecule has 0 aliphatic carbocycles. The first kappa shape index (κ1) is 15.2. The summed E-state index contributed by atoms with van der Waals surface area (Å²) in [5, 5.41) is 3.27. The average Bonchev–Trinajstić information content (AvgIpc) is 3.00. The maximum Gasteiger partial charge on any atom is 0.158 e. The predicted octanol–water partition coefficient (Wildman–Crippen LogP) is 0.997. The number of hydrazine groups is 1. The largest absolute Gasteiger partial charge is 0.377 e. The Morgan fingerprint density at radius 1 is 1.29 bits per heavy atom. The van der Waals surface area contributed by atoms with Gasteiger partial charge < -0.3 is 20.0 Å². The van der Waals surface area contributed by atoms with Gasteiger partial charge >= 0.3 is 0 Å². The summed E-state index contributed by atoms with van der Waals surface area (Å²) >= 11 is 0. The Morgan fingerprint density at radius 2 is 2.14 bits per heavy atom. The summed E-state index contributed by atoms with van der Waals surface area (Å²) in [6.07, 6.45) is 7.69. The monoisotopic (exact) mass is 291 g/mol. The Kier molecular flexibility index (Phi) is 5.92. The van der Waals surface area contributed by atoms with Gasteiger partial charge in [0.2, 0.25) is 0 Å². The summed E-state index contributed by atoms with van der Waals surface area (Å²) in [7, 11) is 1.61. The highest BCUT2D eigenvalue weighted by Gasteiger charge is 2.03. The fourth-order valence-electron chi connectivity index (χ4n) is 1.91. The van der Waals surface area contributed by atoms with E-state index in [9.17, 15) is 0 Å². The molecule has 0 unspecified atom stereocenters. The van der Waals surface area contributed by atoms with Crippen LogP contribution in [0.2, 0.25) is 0 Å². The topological polar surface area (TPSA) is 103 Å². The minimum Gasteiger partial charge on any atom is -0.377 e. The molecule has 0 aliphatic heterocycles. The summed E-state index contributed by atoms with van der Waals surface area (Å²) in [6, 6.07) is 1.77. The molecule has 0 atom stereocenters. The van der Waals surface area contributed by atoms with Gasteiger partial charge in [-0.1, -0.05) is 0 Å². The summed E-state index contributed by atoms with van der Waals surface area (Å²) < 4.78 is 7.10. The standard InChI is InChI=1S/C13H21N7O/c1-21-9-13-17-11(8-12(18-13)19-14)16-4-2-3-6-20-7-5-15-10-20/h5,7-8,10H,2-4,6,9,14H2,1H3,(H2,16,17,18,19). The van der Waals surface area contributed by atoms with E-state index in [1.807, 2.05) is 12.5 Å². The zero-order chi connectivity index (χ0) is 14.9. The first-order valence-electron chi connectivity index (χ1n) is 6.85. The normalized spacial score (nSPS) is 10.6. The van der Waals surface area contributed by atoms with Crippen LogP contribution in [0.5, 0.6) is 0 Å². The number of aromatic nitrogens is 4. The zero-order valence-electron chi connectivity index (χ0n) is 12.1. The van der Waals surface area contributed by atoms with Gasteiger partial charge in [-0.2, -0.15) is 0 Å². The molecule has 0 amide bonds. The molecule has 0 saturated carbocycles. The van der Waals surface area contributed by atoms with Crippen LogP contribution in [0.4, 0.5) is 11.6 Å². The van der Waals surface area contributed by atoms with E-state index in [-0.39, 0.29) is 0 Å². The highest BCUT2D eigenvalue weighted by atomic mass is 16.5. The number of nitrogen functional groups attached to an aromatic ring is 1. The van der Waals surface area contributed by atoms with E-state index in [0.717, 1.165) is 31.7 Å². The number of ether oxygens (including phenoxy) is 1. The van der Waals surface area contributed by atoms with Crippen LogP contribution in [0.15, 0.2) is 24.8 Å². The van der Waals surface area contributed by atoms with Crippen LogP contribution in [0, 0.1) is 0 Å². The van der Waals surface area contributed by atoms with Crippen molar-refractivity contribution in [1.29, 1.82) is 0 Å². The van der Waals surface area contributed by atoms with Crippen LogP contribution >= 0.6 is 0 Å². The molecule has 0 radical (unpaired) electrons. The molecule has 4 N–H and O–H groups in total. The second-order valence-electron chi connectivity index (χ2n) is 4.57. The van der Waals surface area contributed by atoms with Crippen LogP contribution in [0.25, 0.3) is 0 Å². The van der Waals surface area contributed by atoms with Crippen molar-refractivity contribution in [1.82, 2.24) is 19.5 Å². The molecule has 0 bridgehead atoms. The molecule has 0 spiro atoms. The minimum atomic E-state index is 0.352. The number of hydrogen-bond donors (Lipinski definition) is 3. The van der Waals surface area contributed by atoms with E-state index >= 15 is 0 Å². The SMILES string of the molecule is COCc1nc(NN)cc(NCCCCn2ccnc2)n1.